The highest BCUT2D eigenvalue weighted by atomic mass is 16.5. The van der Waals surface area contributed by atoms with Crippen molar-refractivity contribution in [2.24, 2.45) is 0 Å². The second-order valence-corrected chi connectivity index (χ2v) is 6.90. The molecule has 6 nitrogen and oxygen atoms in total. The third kappa shape index (κ3) is 3.59. The van der Waals surface area contributed by atoms with Crippen LogP contribution in [-0.2, 0) is 9.59 Å². The average Bonchev–Trinajstić information content (AvgIpc) is 2.80. The van der Waals surface area contributed by atoms with E-state index < -0.39 is 6.04 Å². The van der Waals surface area contributed by atoms with Gasteiger partial charge in [-0.25, -0.2) is 0 Å². The van der Waals surface area contributed by atoms with Crippen molar-refractivity contribution in [2.75, 3.05) is 30.6 Å². The number of benzene rings is 3. The number of anilines is 2. The van der Waals surface area contributed by atoms with E-state index in [1.54, 1.807) is 55.5 Å². The summed E-state index contributed by atoms with van der Waals surface area (Å²) >= 11 is 0. The van der Waals surface area contributed by atoms with Gasteiger partial charge in [-0.15, -0.1) is 0 Å². The smallest absolute Gasteiger partial charge is 0.255 e. The van der Waals surface area contributed by atoms with E-state index in [-0.39, 0.29) is 18.4 Å². The molecule has 1 unspecified atom stereocenters. The lowest BCUT2D eigenvalue weighted by Gasteiger charge is -2.40. The van der Waals surface area contributed by atoms with Crippen molar-refractivity contribution in [3.63, 3.8) is 0 Å². The number of amides is 2. The van der Waals surface area contributed by atoms with Gasteiger partial charge in [-0.3, -0.25) is 14.5 Å². The second-order valence-electron chi connectivity index (χ2n) is 6.90. The molecule has 0 N–H and O–H groups in total. The maximum Gasteiger partial charge on any atom is 0.255 e. The van der Waals surface area contributed by atoms with Gasteiger partial charge >= 0.3 is 0 Å². The highest BCUT2D eigenvalue weighted by molar-refractivity contribution is 6.14. The first-order chi connectivity index (χ1) is 14.6. The summed E-state index contributed by atoms with van der Waals surface area (Å²) in [6.07, 6.45) is 0. The van der Waals surface area contributed by atoms with Crippen molar-refractivity contribution in [1.82, 2.24) is 0 Å². The Morgan fingerprint density at radius 2 is 1.37 bits per heavy atom. The zero-order valence-electron chi connectivity index (χ0n) is 16.8. The first-order valence-corrected chi connectivity index (χ1v) is 9.59. The molecular weight excluding hydrogens is 380 g/mol. The molecule has 1 aliphatic rings. The molecule has 2 amide bonds. The summed E-state index contributed by atoms with van der Waals surface area (Å²) < 4.78 is 10.6. The van der Waals surface area contributed by atoms with Crippen molar-refractivity contribution in [2.45, 2.75) is 6.04 Å². The van der Waals surface area contributed by atoms with E-state index in [4.69, 9.17) is 9.47 Å². The van der Waals surface area contributed by atoms with E-state index in [1.165, 1.54) is 4.90 Å². The topological polar surface area (TPSA) is 59.1 Å². The second kappa shape index (κ2) is 8.29. The number of methoxy groups -OCH3 is 2. The van der Waals surface area contributed by atoms with Crippen molar-refractivity contribution >= 4 is 23.2 Å². The van der Waals surface area contributed by atoms with Crippen LogP contribution >= 0.6 is 0 Å². The Kier molecular flexibility index (Phi) is 5.39. The fourth-order valence-electron chi connectivity index (χ4n) is 3.67. The van der Waals surface area contributed by atoms with Crippen LogP contribution in [0, 0.1) is 0 Å². The Morgan fingerprint density at radius 1 is 0.767 bits per heavy atom. The van der Waals surface area contributed by atoms with Gasteiger partial charge in [0, 0.05) is 23.5 Å². The monoisotopic (exact) mass is 402 g/mol. The van der Waals surface area contributed by atoms with Crippen LogP contribution < -0.4 is 19.3 Å². The number of hydrogen-bond donors (Lipinski definition) is 0. The number of rotatable bonds is 5. The van der Waals surface area contributed by atoms with Gasteiger partial charge in [0.2, 0.25) is 5.91 Å². The number of ether oxygens (including phenoxy) is 2. The molecule has 1 aliphatic heterocycles. The molecule has 4 rings (SSSR count). The predicted molar refractivity (Wildman–Crippen MR) is 115 cm³/mol. The maximum atomic E-state index is 13.7. The summed E-state index contributed by atoms with van der Waals surface area (Å²) in [7, 11) is 3.14. The Labute approximate surface area is 175 Å². The highest BCUT2D eigenvalue weighted by Gasteiger charge is 2.42. The van der Waals surface area contributed by atoms with Crippen LogP contribution in [0.3, 0.4) is 0 Å². The summed E-state index contributed by atoms with van der Waals surface area (Å²) in [5, 5.41) is 0. The van der Waals surface area contributed by atoms with Crippen molar-refractivity contribution < 1.29 is 19.1 Å². The van der Waals surface area contributed by atoms with Crippen molar-refractivity contribution in [3.05, 3.63) is 84.4 Å². The Balaban J connectivity index is 1.80. The van der Waals surface area contributed by atoms with E-state index in [1.807, 2.05) is 42.5 Å². The van der Waals surface area contributed by atoms with Crippen LogP contribution in [0.5, 0.6) is 11.5 Å². The Hall–Kier alpha value is -3.80. The zero-order valence-corrected chi connectivity index (χ0v) is 16.8. The molecule has 0 spiro atoms. The minimum absolute atomic E-state index is 0.0630. The normalized spacial score (nSPS) is 16.5. The molecule has 0 saturated carbocycles. The summed E-state index contributed by atoms with van der Waals surface area (Å²) in [5.74, 6) is 0.880. The van der Waals surface area contributed by atoms with Gasteiger partial charge in [0.05, 0.1) is 14.2 Å². The third-order valence-electron chi connectivity index (χ3n) is 5.13. The number of hydrogen-bond acceptors (Lipinski definition) is 4. The van der Waals surface area contributed by atoms with Crippen LogP contribution in [0.15, 0.2) is 78.9 Å². The van der Waals surface area contributed by atoms with Crippen LogP contribution in [0.1, 0.15) is 11.6 Å². The summed E-state index contributed by atoms with van der Waals surface area (Å²) in [5.41, 5.74) is 1.98. The standard InChI is InChI=1S/C24H22N2O4/c1-29-20-12-6-10-18(14-20)25-16-22(27)26(19-11-7-13-21(15-19)30-2)23(24(25)28)17-8-4-3-5-9-17/h3-15,23H,16H2,1-2H3. The van der Waals surface area contributed by atoms with Gasteiger partial charge in [-0.05, 0) is 29.8 Å². The number of carbonyl (C=O) groups excluding carboxylic acids is 2. The molecule has 0 radical (unpaired) electrons. The Morgan fingerprint density at radius 3 is 2.00 bits per heavy atom. The van der Waals surface area contributed by atoms with E-state index in [0.29, 0.717) is 22.9 Å². The lowest BCUT2D eigenvalue weighted by atomic mass is 9.99. The van der Waals surface area contributed by atoms with Crippen LogP contribution in [0.25, 0.3) is 0 Å². The molecule has 1 fully saturated rings. The predicted octanol–water partition coefficient (Wildman–Crippen LogP) is 3.82. The van der Waals surface area contributed by atoms with Crippen molar-refractivity contribution in [1.29, 1.82) is 0 Å². The maximum absolute atomic E-state index is 13.7. The fraction of sp³-hybridized carbons (Fsp3) is 0.167. The van der Waals surface area contributed by atoms with Crippen LogP contribution in [-0.4, -0.2) is 32.6 Å². The Bertz CT molecular complexity index is 1070. The highest BCUT2D eigenvalue weighted by Crippen LogP contribution is 2.36. The molecule has 0 aromatic heterocycles. The number of nitrogens with zero attached hydrogens (tertiary/aromatic N) is 2. The molecule has 30 heavy (non-hydrogen) atoms. The molecule has 3 aromatic carbocycles. The lowest BCUT2D eigenvalue weighted by molar-refractivity contribution is -0.128. The van der Waals surface area contributed by atoms with Crippen molar-refractivity contribution in [3.8, 4) is 11.5 Å². The molecule has 1 saturated heterocycles. The molecular formula is C24H22N2O4. The third-order valence-corrected chi connectivity index (χ3v) is 5.13. The van der Waals surface area contributed by atoms with E-state index in [0.717, 1.165) is 5.56 Å². The van der Waals surface area contributed by atoms with Gasteiger partial charge in [-0.1, -0.05) is 42.5 Å². The molecule has 0 aliphatic carbocycles. The lowest BCUT2D eigenvalue weighted by Crippen LogP contribution is -2.56. The molecule has 152 valence electrons. The van der Waals surface area contributed by atoms with E-state index in [9.17, 15) is 9.59 Å². The van der Waals surface area contributed by atoms with Gasteiger partial charge in [-0.2, -0.15) is 0 Å². The fourth-order valence-corrected chi connectivity index (χ4v) is 3.67. The minimum atomic E-state index is -0.786. The molecule has 6 heteroatoms. The molecule has 0 bridgehead atoms. The largest absolute Gasteiger partial charge is 0.497 e. The summed E-state index contributed by atoms with van der Waals surface area (Å²) in [6, 6.07) is 22.9. The molecule has 3 aromatic rings. The number of carbonyl (C=O) groups is 2. The summed E-state index contributed by atoms with van der Waals surface area (Å²) in [6.45, 7) is -0.0630. The quantitative estimate of drug-likeness (QED) is 0.651. The average molecular weight is 402 g/mol. The zero-order chi connectivity index (χ0) is 21.1. The van der Waals surface area contributed by atoms with Gasteiger partial charge < -0.3 is 14.4 Å². The molecule has 1 atom stereocenters. The van der Waals surface area contributed by atoms with Gasteiger partial charge in [0.25, 0.3) is 5.91 Å². The minimum Gasteiger partial charge on any atom is -0.497 e. The molecule has 1 heterocycles. The number of piperazine rings is 1. The van der Waals surface area contributed by atoms with Gasteiger partial charge in [0.15, 0.2) is 0 Å². The van der Waals surface area contributed by atoms with Crippen LogP contribution in [0.4, 0.5) is 11.4 Å². The first kappa shape index (κ1) is 19.5. The van der Waals surface area contributed by atoms with Gasteiger partial charge in [0.1, 0.15) is 24.1 Å². The van der Waals surface area contributed by atoms with E-state index in [2.05, 4.69) is 0 Å². The SMILES string of the molecule is COc1cccc(N2CC(=O)N(c3cccc(OC)c3)C(c3ccccc3)C2=O)c1. The summed E-state index contributed by atoms with van der Waals surface area (Å²) in [4.78, 5) is 30.1. The van der Waals surface area contributed by atoms with Crippen LogP contribution in [0.2, 0.25) is 0 Å². The first-order valence-electron chi connectivity index (χ1n) is 9.59. The van der Waals surface area contributed by atoms with E-state index >= 15 is 0 Å².